The Labute approximate surface area is 94.1 Å². The molecule has 1 aromatic rings. The first-order valence-electron chi connectivity index (χ1n) is 5.76. The SMILES string of the molecule is Cc1cc(=O)[nH]c(C2CN3CCN2CC3)n1. The van der Waals surface area contributed by atoms with Gasteiger partial charge in [-0.05, 0) is 6.92 Å². The molecule has 3 saturated heterocycles. The number of hydrogen-bond acceptors (Lipinski definition) is 4. The molecule has 4 rings (SSSR count). The Morgan fingerprint density at radius 1 is 1.38 bits per heavy atom. The molecule has 0 amide bonds. The molecule has 3 fully saturated rings. The number of H-pyrrole nitrogens is 1. The van der Waals surface area contributed by atoms with E-state index in [0.29, 0.717) is 0 Å². The van der Waals surface area contributed by atoms with E-state index in [4.69, 9.17) is 0 Å². The number of nitrogens with one attached hydrogen (secondary N) is 1. The molecule has 0 radical (unpaired) electrons. The Balaban J connectivity index is 1.94. The second-order valence-corrected chi connectivity index (χ2v) is 4.62. The molecule has 16 heavy (non-hydrogen) atoms. The second-order valence-electron chi connectivity index (χ2n) is 4.62. The Morgan fingerprint density at radius 2 is 2.12 bits per heavy atom. The molecule has 5 nitrogen and oxygen atoms in total. The fourth-order valence-electron chi connectivity index (χ4n) is 2.64. The van der Waals surface area contributed by atoms with Crippen molar-refractivity contribution in [1.29, 1.82) is 0 Å². The third kappa shape index (κ3) is 1.66. The van der Waals surface area contributed by atoms with Crippen LogP contribution in [0.4, 0.5) is 0 Å². The normalized spacial score (nSPS) is 32.9. The summed E-state index contributed by atoms with van der Waals surface area (Å²) >= 11 is 0. The van der Waals surface area contributed by atoms with Gasteiger partial charge in [0.1, 0.15) is 5.82 Å². The highest BCUT2D eigenvalue weighted by atomic mass is 16.1. The van der Waals surface area contributed by atoms with Gasteiger partial charge in [-0.3, -0.25) is 14.6 Å². The molecule has 5 heteroatoms. The maximum absolute atomic E-state index is 11.4. The summed E-state index contributed by atoms with van der Waals surface area (Å²) in [6.45, 7) is 7.32. The number of nitrogens with zero attached hydrogens (tertiary/aromatic N) is 3. The smallest absolute Gasteiger partial charge is 0.251 e. The highest BCUT2D eigenvalue weighted by Gasteiger charge is 2.34. The van der Waals surface area contributed by atoms with Crippen molar-refractivity contribution in [2.45, 2.75) is 13.0 Å². The lowest BCUT2D eigenvalue weighted by Gasteiger charge is -2.46. The highest BCUT2D eigenvalue weighted by Crippen LogP contribution is 2.25. The first-order chi connectivity index (χ1) is 7.72. The van der Waals surface area contributed by atoms with Gasteiger partial charge in [0, 0.05) is 44.5 Å². The summed E-state index contributed by atoms with van der Waals surface area (Å²) in [5, 5.41) is 0. The number of piperazine rings is 3. The molecule has 1 N–H and O–H groups in total. The fraction of sp³-hybridized carbons (Fsp3) is 0.636. The maximum atomic E-state index is 11.4. The maximum Gasteiger partial charge on any atom is 0.251 e. The van der Waals surface area contributed by atoms with Gasteiger partial charge in [-0.2, -0.15) is 0 Å². The fourth-order valence-corrected chi connectivity index (χ4v) is 2.64. The molecule has 1 unspecified atom stereocenters. The van der Waals surface area contributed by atoms with E-state index in [2.05, 4.69) is 19.8 Å². The van der Waals surface area contributed by atoms with Crippen LogP contribution < -0.4 is 5.56 Å². The summed E-state index contributed by atoms with van der Waals surface area (Å²) in [6.07, 6.45) is 0. The molecule has 0 saturated carbocycles. The van der Waals surface area contributed by atoms with Crippen molar-refractivity contribution in [3.63, 3.8) is 0 Å². The zero-order valence-electron chi connectivity index (χ0n) is 9.44. The van der Waals surface area contributed by atoms with Crippen LogP contribution in [0.3, 0.4) is 0 Å². The lowest BCUT2D eigenvalue weighted by Crippen LogP contribution is -2.57. The molecule has 4 heterocycles. The van der Waals surface area contributed by atoms with Crippen LogP contribution >= 0.6 is 0 Å². The molecule has 2 bridgehead atoms. The van der Waals surface area contributed by atoms with E-state index in [9.17, 15) is 4.79 Å². The van der Waals surface area contributed by atoms with Crippen LogP contribution in [0.1, 0.15) is 17.6 Å². The zero-order valence-corrected chi connectivity index (χ0v) is 9.44. The molecular formula is C11H16N4O. The topological polar surface area (TPSA) is 52.2 Å². The van der Waals surface area contributed by atoms with Crippen LogP contribution in [0.15, 0.2) is 10.9 Å². The minimum Gasteiger partial charge on any atom is -0.309 e. The first kappa shape index (κ1) is 9.99. The van der Waals surface area contributed by atoms with E-state index in [-0.39, 0.29) is 11.6 Å². The number of rotatable bonds is 1. The van der Waals surface area contributed by atoms with E-state index in [1.54, 1.807) is 6.07 Å². The molecule has 0 aliphatic carbocycles. The van der Waals surface area contributed by atoms with Gasteiger partial charge in [0.05, 0.1) is 6.04 Å². The predicted molar refractivity (Wildman–Crippen MR) is 60.3 cm³/mol. The first-order valence-corrected chi connectivity index (χ1v) is 5.76. The minimum absolute atomic E-state index is 0.0415. The summed E-state index contributed by atoms with van der Waals surface area (Å²) in [5.74, 6) is 0.828. The standard InChI is InChI=1S/C11H16N4O/c1-8-6-10(16)13-11(12-8)9-7-14-2-4-15(9)5-3-14/h6,9H,2-5,7H2,1H3,(H,12,13,16). The average molecular weight is 220 g/mol. The Kier molecular flexibility index (Phi) is 2.29. The van der Waals surface area contributed by atoms with Gasteiger partial charge >= 0.3 is 0 Å². The highest BCUT2D eigenvalue weighted by molar-refractivity contribution is 5.07. The molecular weight excluding hydrogens is 204 g/mol. The van der Waals surface area contributed by atoms with E-state index in [1.807, 2.05) is 6.92 Å². The lowest BCUT2D eigenvalue weighted by molar-refractivity contribution is 0.00848. The molecule has 0 spiro atoms. The van der Waals surface area contributed by atoms with Gasteiger partial charge in [-0.25, -0.2) is 4.98 Å². The average Bonchev–Trinajstić information content (AvgIpc) is 2.29. The molecule has 3 aliphatic heterocycles. The van der Waals surface area contributed by atoms with Crippen LogP contribution in [0.2, 0.25) is 0 Å². The van der Waals surface area contributed by atoms with Crippen LogP contribution in [-0.4, -0.2) is 52.5 Å². The molecule has 0 aromatic carbocycles. The van der Waals surface area contributed by atoms with Crippen LogP contribution in [0.25, 0.3) is 0 Å². The number of hydrogen-bond donors (Lipinski definition) is 1. The monoisotopic (exact) mass is 220 g/mol. The van der Waals surface area contributed by atoms with Crippen molar-refractivity contribution in [1.82, 2.24) is 19.8 Å². The van der Waals surface area contributed by atoms with Gasteiger partial charge in [0.15, 0.2) is 0 Å². The van der Waals surface area contributed by atoms with E-state index < -0.39 is 0 Å². The van der Waals surface area contributed by atoms with Crippen molar-refractivity contribution in [3.8, 4) is 0 Å². The minimum atomic E-state index is -0.0415. The van der Waals surface area contributed by atoms with Gasteiger partial charge in [0.2, 0.25) is 0 Å². The summed E-state index contributed by atoms with van der Waals surface area (Å²) in [4.78, 5) is 23.6. The van der Waals surface area contributed by atoms with Crippen molar-refractivity contribution < 1.29 is 0 Å². The Morgan fingerprint density at radius 3 is 2.69 bits per heavy atom. The second kappa shape index (κ2) is 3.68. The van der Waals surface area contributed by atoms with Crippen LogP contribution in [0, 0.1) is 6.92 Å². The third-order valence-electron chi connectivity index (χ3n) is 3.48. The van der Waals surface area contributed by atoms with E-state index in [1.165, 1.54) is 0 Å². The summed E-state index contributed by atoms with van der Waals surface area (Å²) < 4.78 is 0. The van der Waals surface area contributed by atoms with Crippen molar-refractivity contribution >= 4 is 0 Å². The molecule has 86 valence electrons. The van der Waals surface area contributed by atoms with E-state index >= 15 is 0 Å². The quantitative estimate of drug-likeness (QED) is 0.709. The number of aryl methyl sites for hydroxylation is 1. The number of aromatic amines is 1. The number of fused-ring (bicyclic) bond motifs is 3. The van der Waals surface area contributed by atoms with E-state index in [0.717, 1.165) is 44.2 Å². The van der Waals surface area contributed by atoms with Gasteiger partial charge in [-0.15, -0.1) is 0 Å². The Hall–Kier alpha value is -1.20. The van der Waals surface area contributed by atoms with Gasteiger partial charge in [0.25, 0.3) is 5.56 Å². The van der Waals surface area contributed by atoms with Crippen molar-refractivity contribution in [2.24, 2.45) is 0 Å². The largest absolute Gasteiger partial charge is 0.309 e. The molecule has 1 atom stereocenters. The third-order valence-corrected chi connectivity index (χ3v) is 3.48. The van der Waals surface area contributed by atoms with Crippen molar-refractivity contribution in [2.75, 3.05) is 32.7 Å². The van der Waals surface area contributed by atoms with Gasteiger partial charge < -0.3 is 4.98 Å². The van der Waals surface area contributed by atoms with Crippen LogP contribution in [-0.2, 0) is 0 Å². The predicted octanol–water partition coefficient (Wildman–Crippen LogP) is -0.249. The molecule has 3 aliphatic rings. The Bertz CT molecular complexity index is 448. The zero-order chi connectivity index (χ0) is 11.1. The van der Waals surface area contributed by atoms with Gasteiger partial charge in [-0.1, -0.05) is 0 Å². The molecule has 1 aromatic heterocycles. The summed E-state index contributed by atoms with van der Waals surface area (Å²) in [7, 11) is 0. The number of aromatic nitrogens is 2. The lowest BCUT2D eigenvalue weighted by atomic mass is 10.1. The summed E-state index contributed by atoms with van der Waals surface area (Å²) in [6, 6.07) is 1.82. The van der Waals surface area contributed by atoms with Crippen LogP contribution in [0.5, 0.6) is 0 Å². The van der Waals surface area contributed by atoms with Crippen molar-refractivity contribution in [3.05, 3.63) is 27.9 Å². The summed E-state index contributed by atoms with van der Waals surface area (Å²) in [5.41, 5.74) is 0.761.